The van der Waals surface area contributed by atoms with Gasteiger partial charge in [0.25, 0.3) is 0 Å². The maximum absolute atomic E-state index is 11.2. The lowest BCUT2D eigenvalue weighted by Crippen LogP contribution is -1.95. The number of thiazole rings is 1. The minimum absolute atomic E-state index is 0.0598. The van der Waals surface area contributed by atoms with Crippen LogP contribution in [0.25, 0.3) is 5.13 Å². The molecular weight excluding hydrogens is 266 g/mol. The van der Waals surface area contributed by atoms with E-state index in [0.29, 0.717) is 5.13 Å². The van der Waals surface area contributed by atoms with E-state index in [4.69, 9.17) is 5.11 Å². The molecule has 7 nitrogen and oxygen atoms in total. The Labute approximate surface area is 100 Å². The molecule has 0 aliphatic rings. The smallest absolute Gasteiger partial charge is 0.347 e. The van der Waals surface area contributed by atoms with E-state index in [9.17, 15) is 13.2 Å². The number of carboxylic acid groups (broad SMARTS) is 1. The molecule has 0 atom stereocenters. The molecule has 0 saturated carbocycles. The Bertz CT molecular complexity index is 671. The predicted octanol–water partition coefficient (Wildman–Crippen LogP) is 0.430. The Balaban J connectivity index is 2.40. The van der Waals surface area contributed by atoms with Gasteiger partial charge in [0.15, 0.2) is 9.84 Å². The molecule has 0 aliphatic carbocycles. The molecule has 2 aromatic rings. The summed E-state index contributed by atoms with van der Waals surface area (Å²) in [5, 5.41) is 12.8. The van der Waals surface area contributed by atoms with E-state index < -0.39 is 15.8 Å². The van der Waals surface area contributed by atoms with E-state index in [1.54, 1.807) is 0 Å². The van der Waals surface area contributed by atoms with Crippen LogP contribution in [0.2, 0.25) is 0 Å². The van der Waals surface area contributed by atoms with E-state index >= 15 is 0 Å². The summed E-state index contributed by atoms with van der Waals surface area (Å²) in [6, 6.07) is 0. The highest BCUT2D eigenvalue weighted by atomic mass is 32.2. The van der Waals surface area contributed by atoms with Crippen molar-refractivity contribution in [2.24, 2.45) is 0 Å². The minimum Gasteiger partial charge on any atom is -0.477 e. The van der Waals surface area contributed by atoms with Crippen LogP contribution in [0.15, 0.2) is 23.5 Å². The van der Waals surface area contributed by atoms with Gasteiger partial charge in [-0.2, -0.15) is 5.10 Å². The normalized spacial score (nSPS) is 11.6. The molecule has 0 unspecified atom stereocenters. The summed E-state index contributed by atoms with van der Waals surface area (Å²) in [7, 11) is -3.32. The molecule has 0 aromatic carbocycles. The Hall–Kier alpha value is -1.74. The number of hydrogen-bond acceptors (Lipinski definition) is 6. The van der Waals surface area contributed by atoms with E-state index in [2.05, 4.69) is 10.1 Å². The van der Waals surface area contributed by atoms with Crippen molar-refractivity contribution < 1.29 is 18.3 Å². The van der Waals surface area contributed by atoms with Crippen molar-refractivity contribution in [3.8, 4) is 5.13 Å². The van der Waals surface area contributed by atoms with Crippen LogP contribution < -0.4 is 0 Å². The molecule has 17 heavy (non-hydrogen) atoms. The van der Waals surface area contributed by atoms with Crippen molar-refractivity contribution in [2.75, 3.05) is 6.26 Å². The monoisotopic (exact) mass is 273 g/mol. The molecule has 90 valence electrons. The van der Waals surface area contributed by atoms with Crippen LogP contribution in [-0.2, 0) is 9.84 Å². The summed E-state index contributed by atoms with van der Waals surface area (Å²) in [4.78, 5) is 14.6. The molecular formula is C8H7N3O4S2. The lowest BCUT2D eigenvalue weighted by atomic mass is 10.6. The average Bonchev–Trinajstić information content (AvgIpc) is 2.85. The highest BCUT2D eigenvalue weighted by molar-refractivity contribution is 7.90. The first-order valence-corrected chi connectivity index (χ1v) is 7.03. The number of carbonyl (C=O) groups is 1. The van der Waals surface area contributed by atoms with Crippen LogP contribution in [0.5, 0.6) is 0 Å². The van der Waals surface area contributed by atoms with E-state index in [0.717, 1.165) is 17.6 Å². The number of aromatic nitrogens is 3. The molecule has 0 bridgehead atoms. The SMILES string of the molecule is CS(=O)(=O)c1cnn(-c2ncc(C(=O)O)s2)c1. The Morgan fingerprint density at radius 2 is 2.18 bits per heavy atom. The number of nitrogens with zero attached hydrogens (tertiary/aromatic N) is 3. The average molecular weight is 273 g/mol. The zero-order chi connectivity index (χ0) is 12.6. The molecule has 2 rings (SSSR count). The molecule has 9 heteroatoms. The molecule has 2 heterocycles. The fourth-order valence-electron chi connectivity index (χ4n) is 1.07. The second kappa shape index (κ2) is 3.93. The first kappa shape index (κ1) is 11.7. The van der Waals surface area contributed by atoms with Crippen molar-refractivity contribution in [3.63, 3.8) is 0 Å². The standard InChI is InChI=1S/C8H7N3O4S2/c1-17(14,15)5-2-10-11(4-5)8-9-3-6(16-8)7(12)13/h2-4H,1H3,(H,12,13). The largest absolute Gasteiger partial charge is 0.477 e. The van der Waals surface area contributed by atoms with E-state index in [1.165, 1.54) is 23.3 Å². The van der Waals surface area contributed by atoms with Crippen molar-refractivity contribution >= 4 is 27.1 Å². The molecule has 0 radical (unpaired) electrons. The van der Waals surface area contributed by atoms with Gasteiger partial charge < -0.3 is 5.11 Å². The summed E-state index contributed by atoms with van der Waals surface area (Å²) in [6.45, 7) is 0. The zero-order valence-corrected chi connectivity index (χ0v) is 10.2. The van der Waals surface area contributed by atoms with Gasteiger partial charge >= 0.3 is 5.97 Å². The fraction of sp³-hybridized carbons (Fsp3) is 0.125. The number of aromatic carboxylic acids is 1. The first-order valence-electron chi connectivity index (χ1n) is 4.32. The summed E-state index contributed by atoms with van der Waals surface area (Å²) >= 11 is 0.913. The van der Waals surface area contributed by atoms with E-state index in [1.807, 2.05) is 0 Å². The maximum atomic E-state index is 11.2. The summed E-state index contributed by atoms with van der Waals surface area (Å²) in [6.07, 6.45) is 4.75. The van der Waals surface area contributed by atoms with Gasteiger partial charge in [-0.1, -0.05) is 11.3 Å². The number of carboxylic acids is 1. The van der Waals surface area contributed by atoms with Gasteiger partial charge in [-0.15, -0.1) is 0 Å². The van der Waals surface area contributed by atoms with E-state index in [-0.39, 0.29) is 9.77 Å². The van der Waals surface area contributed by atoms with Crippen LogP contribution in [0.1, 0.15) is 9.67 Å². The summed E-state index contributed by atoms with van der Waals surface area (Å²) in [5.74, 6) is -1.08. The predicted molar refractivity (Wildman–Crippen MR) is 59.3 cm³/mol. The second-order valence-electron chi connectivity index (χ2n) is 3.21. The summed E-state index contributed by atoms with van der Waals surface area (Å²) in [5.41, 5.74) is 0. The molecule has 0 fully saturated rings. The lowest BCUT2D eigenvalue weighted by molar-refractivity contribution is 0.0702. The Morgan fingerprint density at radius 1 is 1.47 bits per heavy atom. The van der Waals surface area contributed by atoms with Crippen molar-refractivity contribution in [3.05, 3.63) is 23.5 Å². The van der Waals surface area contributed by atoms with Gasteiger partial charge in [-0.3, -0.25) is 0 Å². The molecule has 0 spiro atoms. The highest BCUT2D eigenvalue weighted by Crippen LogP contribution is 2.18. The number of hydrogen-bond donors (Lipinski definition) is 1. The van der Waals surface area contributed by atoms with Crippen LogP contribution in [0.3, 0.4) is 0 Å². The van der Waals surface area contributed by atoms with Crippen molar-refractivity contribution in [1.82, 2.24) is 14.8 Å². The number of rotatable bonds is 3. The van der Waals surface area contributed by atoms with Crippen molar-refractivity contribution in [1.29, 1.82) is 0 Å². The molecule has 2 aromatic heterocycles. The topological polar surface area (TPSA) is 102 Å². The quantitative estimate of drug-likeness (QED) is 0.870. The van der Waals surface area contributed by atoms with Gasteiger partial charge in [0, 0.05) is 6.26 Å². The lowest BCUT2D eigenvalue weighted by Gasteiger charge is -1.92. The van der Waals surface area contributed by atoms with Gasteiger partial charge in [-0.25, -0.2) is 22.9 Å². The summed E-state index contributed by atoms with van der Waals surface area (Å²) < 4.78 is 23.7. The van der Waals surface area contributed by atoms with Gasteiger partial charge in [0.2, 0.25) is 5.13 Å². The minimum atomic E-state index is -3.32. The van der Waals surface area contributed by atoms with Gasteiger partial charge in [0.05, 0.1) is 18.6 Å². The molecule has 0 aliphatic heterocycles. The van der Waals surface area contributed by atoms with Crippen LogP contribution in [0, 0.1) is 0 Å². The van der Waals surface area contributed by atoms with Gasteiger partial charge in [0.1, 0.15) is 9.77 Å². The third-order valence-electron chi connectivity index (χ3n) is 1.89. The Morgan fingerprint density at radius 3 is 2.65 bits per heavy atom. The molecule has 0 saturated heterocycles. The van der Waals surface area contributed by atoms with Crippen LogP contribution >= 0.6 is 11.3 Å². The maximum Gasteiger partial charge on any atom is 0.347 e. The molecule has 0 amide bonds. The molecule has 1 N–H and O–H groups in total. The third-order valence-corrected chi connectivity index (χ3v) is 3.93. The fourth-order valence-corrected chi connectivity index (χ4v) is 2.29. The third kappa shape index (κ3) is 2.34. The Kier molecular flexibility index (Phi) is 2.71. The van der Waals surface area contributed by atoms with Crippen LogP contribution in [0.4, 0.5) is 0 Å². The first-order chi connectivity index (χ1) is 7.88. The van der Waals surface area contributed by atoms with Crippen LogP contribution in [-0.4, -0.2) is 40.5 Å². The zero-order valence-electron chi connectivity index (χ0n) is 8.56. The number of sulfone groups is 1. The van der Waals surface area contributed by atoms with Crippen molar-refractivity contribution in [2.45, 2.75) is 4.90 Å². The highest BCUT2D eigenvalue weighted by Gasteiger charge is 2.14. The second-order valence-corrected chi connectivity index (χ2v) is 6.23. The van der Waals surface area contributed by atoms with Gasteiger partial charge in [-0.05, 0) is 0 Å².